The SMILES string of the molecule is O=C(O)[C@@]1(C(=O)OCC2c3ccccc3-c3ccccc32)CCCCN1. The van der Waals surface area contributed by atoms with Crippen LogP contribution in [0.3, 0.4) is 0 Å². The molecule has 0 bridgehead atoms. The summed E-state index contributed by atoms with van der Waals surface area (Å²) in [5.41, 5.74) is 2.90. The summed E-state index contributed by atoms with van der Waals surface area (Å²) in [7, 11) is 0. The third-order valence-corrected chi connectivity index (χ3v) is 5.46. The van der Waals surface area contributed by atoms with Crippen molar-refractivity contribution in [2.75, 3.05) is 13.2 Å². The summed E-state index contributed by atoms with van der Waals surface area (Å²) in [5, 5.41) is 12.5. The molecule has 0 saturated carbocycles. The van der Waals surface area contributed by atoms with E-state index in [2.05, 4.69) is 17.4 Å². The summed E-state index contributed by atoms with van der Waals surface area (Å²) < 4.78 is 5.56. The topological polar surface area (TPSA) is 75.6 Å². The zero-order valence-corrected chi connectivity index (χ0v) is 14.4. The Kier molecular flexibility index (Phi) is 4.24. The number of aliphatic carboxylic acids is 1. The van der Waals surface area contributed by atoms with Crippen molar-refractivity contribution >= 4 is 11.9 Å². The summed E-state index contributed by atoms with van der Waals surface area (Å²) in [6.07, 6.45) is 1.83. The van der Waals surface area contributed by atoms with Crippen LogP contribution >= 0.6 is 0 Å². The number of hydrogen-bond donors (Lipinski definition) is 2. The van der Waals surface area contributed by atoms with E-state index in [0.717, 1.165) is 28.7 Å². The summed E-state index contributed by atoms with van der Waals surface area (Å²) in [5.74, 6) is -1.92. The second kappa shape index (κ2) is 6.57. The first-order valence-electron chi connectivity index (χ1n) is 8.97. The number of benzene rings is 2. The van der Waals surface area contributed by atoms with Crippen LogP contribution in [0, 0.1) is 0 Å². The third-order valence-electron chi connectivity index (χ3n) is 5.46. The summed E-state index contributed by atoms with van der Waals surface area (Å²) in [6, 6.07) is 16.2. The number of ether oxygens (including phenoxy) is 1. The number of carboxylic acids is 1. The highest BCUT2D eigenvalue weighted by Crippen LogP contribution is 2.44. The van der Waals surface area contributed by atoms with Gasteiger partial charge in [-0.1, -0.05) is 48.5 Å². The summed E-state index contributed by atoms with van der Waals surface area (Å²) in [4.78, 5) is 24.4. The predicted octanol–water partition coefficient (Wildman–Crippen LogP) is 2.94. The monoisotopic (exact) mass is 351 g/mol. The normalized spacial score (nSPS) is 21.7. The van der Waals surface area contributed by atoms with E-state index in [1.54, 1.807) is 0 Å². The number of carboxylic acid groups (broad SMARTS) is 1. The van der Waals surface area contributed by atoms with Crippen molar-refractivity contribution in [3.63, 3.8) is 0 Å². The molecule has 1 atom stereocenters. The minimum Gasteiger partial charge on any atom is -0.479 e. The van der Waals surface area contributed by atoms with Crippen LogP contribution in [0.25, 0.3) is 11.1 Å². The molecule has 134 valence electrons. The smallest absolute Gasteiger partial charge is 0.338 e. The van der Waals surface area contributed by atoms with Gasteiger partial charge in [0.1, 0.15) is 6.61 Å². The van der Waals surface area contributed by atoms with Gasteiger partial charge in [-0.25, -0.2) is 9.59 Å². The zero-order chi connectivity index (χ0) is 18.1. The highest BCUT2D eigenvalue weighted by molar-refractivity contribution is 6.04. The van der Waals surface area contributed by atoms with Gasteiger partial charge < -0.3 is 9.84 Å². The number of carbonyl (C=O) groups excluding carboxylic acids is 1. The van der Waals surface area contributed by atoms with E-state index in [4.69, 9.17) is 4.74 Å². The number of hydrogen-bond acceptors (Lipinski definition) is 4. The van der Waals surface area contributed by atoms with E-state index >= 15 is 0 Å². The van der Waals surface area contributed by atoms with Crippen molar-refractivity contribution in [3.8, 4) is 11.1 Å². The molecule has 1 aliphatic heterocycles. The Hall–Kier alpha value is -2.66. The predicted molar refractivity (Wildman–Crippen MR) is 96.9 cm³/mol. The van der Waals surface area contributed by atoms with E-state index in [0.29, 0.717) is 13.0 Å². The Labute approximate surface area is 152 Å². The van der Waals surface area contributed by atoms with Gasteiger partial charge in [0.25, 0.3) is 0 Å². The van der Waals surface area contributed by atoms with Crippen LogP contribution in [0.1, 0.15) is 36.3 Å². The lowest BCUT2D eigenvalue weighted by Crippen LogP contribution is -2.61. The molecular formula is C21H21NO4. The van der Waals surface area contributed by atoms with E-state index in [9.17, 15) is 14.7 Å². The highest BCUT2D eigenvalue weighted by atomic mass is 16.5. The van der Waals surface area contributed by atoms with Crippen molar-refractivity contribution in [2.45, 2.75) is 30.7 Å². The Morgan fingerprint density at radius 1 is 1.04 bits per heavy atom. The van der Waals surface area contributed by atoms with Gasteiger partial charge in [-0.05, 0) is 48.1 Å². The quantitative estimate of drug-likeness (QED) is 0.654. The number of piperidine rings is 1. The van der Waals surface area contributed by atoms with E-state index in [-0.39, 0.29) is 18.9 Å². The first-order chi connectivity index (χ1) is 12.6. The molecule has 5 nitrogen and oxygen atoms in total. The van der Waals surface area contributed by atoms with Gasteiger partial charge in [0.2, 0.25) is 5.54 Å². The molecule has 0 amide bonds. The molecule has 0 unspecified atom stereocenters. The fourth-order valence-electron chi connectivity index (χ4n) is 4.07. The van der Waals surface area contributed by atoms with E-state index in [1.807, 2.05) is 36.4 Å². The molecule has 1 aliphatic carbocycles. The lowest BCUT2D eigenvalue weighted by molar-refractivity contribution is -0.164. The molecule has 0 aromatic heterocycles. The van der Waals surface area contributed by atoms with Crippen molar-refractivity contribution < 1.29 is 19.4 Å². The van der Waals surface area contributed by atoms with Crippen LogP contribution in [-0.2, 0) is 14.3 Å². The Morgan fingerprint density at radius 2 is 1.65 bits per heavy atom. The van der Waals surface area contributed by atoms with Gasteiger partial charge in [-0.3, -0.25) is 5.32 Å². The van der Waals surface area contributed by atoms with Crippen LogP contribution in [-0.4, -0.2) is 35.7 Å². The molecule has 5 heteroatoms. The minimum absolute atomic E-state index is 0.0687. The van der Waals surface area contributed by atoms with Crippen molar-refractivity contribution in [1.82, 2.24) is 5.32 Å². The molecule has 2 N–H and O–H groups in total. The number of carbonyl (C=O) groups is 2. The van der Waals surface area contributed by atoms with Gasteiger partial charge in [0.05, 0.1) is 0 Å². The van der Waals surface area contributed by atoms with Crippen molar-refractivity contribution in [3.05, 3.63) is 59.7 Å². The van der Waals surface area contributed by atoms with Crippen LogP contribution in [0.5, 0.6) is 0 Å². The van der Waals surface area contributed by atoms with Crippen LogP contribution in [0.15, 0.2) is 48.5 Å². The first-order valence-corrected chi connectivity index (χ1v) is 8.97. The molecular weight excluding hydrogens is 330 g/mol. The number of fused-ring (bicyclic) bond motifs is 3. The highest BCUT2D eigenvalue weighted by Gasteiger charge is 2.48. The first kappa shape index (κ1) is 16.8. The fraction of sp³-hybridized carbons (Fsp3) is 0.333. The molecule has 2 aliphatic rings. The van der Waals surface area contributed by atoms with Gasteiger partial charge in [-0.2, -0.15) is 0 Å². The fourth-order valence-corrected chi connectivity index (χ4v) is 4.07. The number of esters is 1. The molecule has 4 rings (SSSR count). The maximum Gasteiger partial charge on any atom is 0.338 e. The van der Waals surface area contributed by atoms with Crippen LogP contribution in [0.4, 0.5) is 0 Å². The minimum atomic E-state index is -1.62. The van der Waals surface area contributed by atoms with Crippen LogP contribution < -0.4 is 5.32 Å². The lowest BCUT2D eigenvalue weighted by atomic mass is 9.89. The standard InChI is InChI=1S/C21H21NO4/c23-19(24)21(11-5-6-12-22-21)20(25)26-13-18-16-9-3-1-7-14(16)15-8-2-4-10-17(15)18/h1-4,7-10,18,22H,5-6,11-13H2,(H,23,24)/t21-/m1/s1. The molecule has 1 saturated heterocycles. The van der Waals surface area contributed by atoms with E-state index < -0.39 is 17.5 Å². The number of nitrogens with one attached hydrogen (secondary N) is 1. The van der Waals surface area contributed by atoms with Gasteiger partial charge in [0.15, 0.2) is 0 Å². The Morgan fingerprint density at radius 3 is 2.19 bits per heavy atom. The molecule has 0 radical (unpaired) electrons. The zero-order valence-electron chi connectivity index (χ0n) is 14.4. The average Bonchev–Trinajstić information content (AvgIpc) is 3.00. The largest absolute Gasteiger partial charge is 0.479 e. The summed E-state index contributed by atoms with van der Waals surface area (Å²) in [6.45, 7) is 0.653. The van der Waals surface area contributed by atoms with Crippen LogP contribution in [0.2, 0.25) is 0 Å². The molecule has 26 heavy (non-hydrogen) atoms. The molecule has 2 aromatic carbocycles. The van der Waals surface area contributed by atoms with Gasteiger partial charge in [-0.15, -0.1) is 0 Å². The Bertz CT molecular complexity index is 809. The number of rotatable bonds is 4. The van der Waals surface area contributed by atoms with Crippen molar-refractivity contribution in [1.29, 1.82) is 0 Å². The average molecular weight is 351 g/mol. The summed E-state index contributed by atoms with van der Waals surface area (Å²) >= 11 is 0. The van der Waals surface area contributed by atoms with E-state index in [1.165, 1.54) is 0 Å². The maximum absolute atomic E-state index is 12.7. The molecule has 1 fully saturated rings. The molecule has 2 aromatic rings. The van der Waals surface area contributed by atoms with Gasteiger partial charge >= 0.3 is 11.9 Å². The molecule has 0 spiro atoms. The van der Waals surface area contributed by atoms with Crippen molar-refractivity contribution in [2.24, 2.45) is 0 Å². The van der Waals surface area contributed by atoms with Gasteiger partial charge in [0, 0.05) is 5.92 Å². The lowest BCUT2D eigenvalue weighted by Gasteiger charge is -2.32. The third kappa shape index (κ3) is 2.59. The molecule has 1 heterocycles. The maximum atomic E-state index is 12.7. The second-order valence-electron chi connectivity index (χ2n) is 6.92. The Balaban J connectivity index is 1.58. The second-order valence-corrected chi connectivity index (χ2v) is 6.92.